The Morgan fingerprint density at radius 3 is 2.16 bits per heavy atom. The van der Waals surface area contributed by atoms with E-state index in [0.717, 1.165) is 11.1 Å². The van der Waals surface area contributed by atoms with Crippen molar-refractivity contribution in [3.63, 3.8) is 0 Å². The second kappa shape index (κ2) is 14.5. The number of hydrogen-bond acceptors (Lipinski definition) is 6. The average molecular weight is 512 g/mol. The molecule has 1 aliphatic heterocycles. The van der Waals surface area contributed by atoms with Crippen LogP contribution in [0.3, 0.4) is 0 Å². The van der Waals surface area contributed by atoms with Crippen molar-refractivity contribution >= 4 is 24.1 Å². The van der Waals surface area contributed by atoms with E-state index in [9.17, 15) is 24.3 Å². The summed E-state index contributed by atoms with van der Waals surface area (Å²) in [5.41, 5.74) is 1.72. The van der Waals surface area contributed by atoms with E-state index in [-0.39, 0.29) is 19.8 Å². The van der Waals surface area contributed by atoms with Crippen molar-refractivity contribution < 1.29 is 33.8 Å². The lowest BCUT2D eigenvalue weighted by Gasteiger charge is -2.30. The summed E-state index contributed by atoms with van der Waals surface area (Å²) >= 11 is 0. The van der Waals surface area contributed by atoms with E-state index in [1.165, 1.54) is 9.80 Å². The Morgan fingerprint density at radius 2 is 1.54 bits per heavy atom. The number of nitrogens with one attached hydrogen (secondary N) is 1. The minimum Gasteiger partial charge on any atom is -0.480 e. The number of aliphatic carboxylic acids is 1. The molecule has 0 saturated carbocycles. The number of carboxylic acids is 1. The smallest absolute Gasteiger partial charge is 0.407 e. The Kier molecular flexibility index (Phi) is 10.8. The van der Waals surface area contributed by atoms with Crippen LogP contribution in [-0.4, -0.2) is 71.2 Å². The zero-order valence-corrected chi connectivity index (χ0v) is 20.7. The number of amides is 3. The van der Waals surface area contributed by atoms with Crippen LogP contribution in [0.2, 0.25) is 0 Å². The molecule has 0 spiro atoms. The normalized spacial score (nSPS) is 14.6. The van der Waals surface area contributed by atoms with Gasteiger partial charge in [0.25, 0.3) is 0 Å². The van der Waals surface area contributed by atoms with Gasteiger partial charge in [0, 0.05) is 19.6 Å². The van der Waals surface area contributed by atoms with Gasteiger partial charge in [-0.2, -0.15) is 0 Å². The Morgan fingerprint density at radius 1 is 0.919 bits per heavy atom. The van der Waals surface area contributed by atoms with Gasteiger partial charge in [-0.1, -0.05) is 60.7 Å². The molecule has 37 heavy (non-hydrogen) atoms. The van der Waals surface area contributed by atoms with Gasteiger partial charge in [0.05, 0.1) is 0 Å². The third-order valence-electron chi connectivity index (χ3n) is 5.93. The third kappa shape index (κ3) is 9.14. The molecule has 2 aromatic rings. The molecular weight excluding hydrogens is 478 g/mol. The van der Waals surface area contributed by atoms with Crippen LogP contribution in [-0.2, 0) is 32.3 Å². The quantitative estimate of drug-likeness (QED) is 0.330. The predicted molar refractivity (Wildman–Crippen MR) is 134 cm³/mol. The summed E-state index contributed by atoms with van der Waals surface area (Å²) in [4.78, 5) is 51.7. The maximum absolute atomic E-state index is 13.2. The lowest BCUT2D eigenvalue weighted by atomic mass is 10.2. The molecule has 0 aromatic heterocycles. The molecular formula is C27H33N3O7. The number of ether oxygens (including phenoxy) is 2. The number of nitrogens with zero attached hydrogens (tertiary/aromatic N) is 2. The molecule has 1 aliphatic rings. The van der Waals surface area contributed by atoms with Gasteiger partial charge in [-0.05, 0) is 36.8 Å². The Bertz CT molecular complexity index is 1030. The number of likely N-dealkylation sites (tertiary alicyclic amines) is 1. The van der Waals surface area contributed by atoms with Gasteiger partial charge >= 0.3 is 24.1 Å². The number of benzene rings is 2. The SMILES string of the molecule is O=C(O)CN(CCCCNC(=O)OCc1ccccc1)C(=O)N1CCC[C@H]1C(=O)OCc1ccccc1. The van der Waals surface area contributed by atoms with Crippen molar-refractivity contribution in [2.24, 2.45) is 0 Å². The minimum absolute atomic E-state index is 0.109. The molecule has 0 unspecified atom stereocenters. The number of esters is 1. The van der Waals surface area contributed by atoms with Crippen molar-refractivity contribution in [2.45, 2.75) is 44.9 Å². The number of carbonyl (C=O) groups excluding carboxylic acids is 3. The van der Waals surface area contributed by atoms with E-state index in [4.69, 9.17) is 9.47 Å². The van der Waals surface area contributed by atoms with Crippen LogP contribution in [0.5, 0.6) is 0 Å². The third-order valence-corrected chi connectivity index (χ3v) is 5.93. The molecule has 3 amide bonds. The molecule has 10 nitrogen and oxygen atoms in total. The van der Waals surface area contributed by atoms with Crippen LogP contribution in [0.4, 0.5) is 9.59 Å². The predicted octanol–water partition coefficient (Wildman–Crippen LogP) is 3.41. The lowest BCUT2D eigenvalue weighted by Crippen LogP contribution is -2.50. The number of carboxylic acid groups (broad SMARTS) is 1. The largest absolute Gasteiger partial charge is 0.480 e. The fourth-order valence-corrected chi connectivity index (χ4v) is 4.05. The van der Waals surface area contributed by atoms with Crippen LogP contribution in [0.1, 0.15) is 36.8 Å². The van der Waals surface area contributed by atoms with E-state index < -0.39 is 36.6 Å². The number of urea groups is 1. The van der Waals surface area contributed by atoms with Gasteiger partial charge in [0.15, 0.2) is 0 Å². The molecule has 1 fully saturated rings. The summed E-state index contributed by atoms with van der Waals surface area (Å²) in [7, 11) is 0. The first-order chi connectivity index (χ1) is 17.9. The van der Waals surface area contributed by atoms with E-state index in [1.54, 1.807) is 0 Å². The number of unbranched alkanes of at least 4 members (excludes halogenated alkanes) is 1. The molecule has 0 radical (unpaired) electrons. The highest BCUT2D eigenvalue weighted by Gasteiger charge is 2.37. The summed E-state index contributed by atoms with van der Waals surface area (Å²) in [6, 6.07) is 17.3. The summed E-state index contributed by atoms with van der Waals surface area (Å²) in [5, 5.41) is 12.0. The molecule has 3 rings (SSSR count). The Hall–Kier alpha value is -4.08. The highest BCUT2D eigenvalue weighted by atomic mass is 16.5. The average Bonchev–Trinajstić information content (AvgIpc) is 3.40. The van der Waals surface area contributed by atoms with Gasteiger partial charge < -0.3 is 29.7 Å². The fraction of sp³-hybridized carbons (Fsp3) is 0.407. The van der Waals surface area contributed by atoms with E-state index >= 15 is 0 Å². The monoisotopic (exact) mass is 511 g/mol. The van der Waals surface area contributed by atoms with E-state index in [1.807, 2.05) is 60.7 Å². The Balaban J connectivity index is 1.43. The van der Waals surface area contributed by atoms with Crippen LogP contribution in [0, 0.1) is 0 Å². The molecule has 2 N–H and O–H groups in total. The van der Waals surface area contributed by atoms with Crippen LogP contribution < -0.4 is 5.32 Å². The van der Waals surface area contributed by atoms with Gasteiger partial charge in [-0.15, -0.1) is 0 Å². The number of alkyl carbamates (subject to hydrolysis) is 1. The topological polar surface area (TPSA) is 125 Å². The fourth-order valence-electron chi connectivity index (χ4n) is 4.05. The van der Waals surface area contributed by atoms with Gasteiger partial charge in [0.2, 0.25) is 0 Å². The molecule has 1 heterocycles. The van der Waals surface area contributed by atoms with Crippen LogP contribution in [0.15, 0.2) is 60.7 Å². The van der Waals surface area contributed by atoms with E-state index in [0.29, 0.717) is 38.8 Å². The molecule has 0 bridgehead atoms. The number of rotatable bonds is 12. The van der Waals surface area contributed by atoms with Crippen molar-refractivity contribution in [1.82, 2.24) is 15.1 Å². The minimum atomic E-state index is -1.14. The van der Waals surface area contributed by atoms with Crippen molar-refractivity contribution in [1.29, 1.82) is 0 Å². The summed E-state index contributed by atoms with van der Waals surface area (Å²) in [5.74, 6) is -1.64. The van der Waals surface area contributed by atoms with Gasteiger partial charge in [-0.3, -0.25) is 4.79 Å². The van der Waals surface area contributed by atoms with Gasteiger partial charge in [0.1, 0.15) is 25.8 Å². The second-order valence-electron chi connectivity index (χ2n) is 8.74. The van der Waals surface area contributed by atoms with Crippen LogP contribution >= 0.6 is 0 Å². The highest BCUT2D eigenvalue weighted by molar-refractivity contribution is 5.86. The Labute approximate surface area is 216 Å². The molecule has 2 aromatic carbocycles. The molecule has 1 saturated heterocycles. The van der Waals surface area contributed by atoms with Crippen molar-refractivity contribution in [2.75, 3.05) is 26.2 Å². The lowest BCUT2D eigenvalue weighted by molar-refractivity contribution is -0.149. The zero-order valence-electron chi connectivity index (χ0n) is 20.7. The van der Waals surface area contributed by atoms with Crippen LogP contribution in [0.25, 0.3) is 0 Å². The first kappa shape index (κ1) is 27.5. The summed E-state index contributed by atoms with van der Waals surface area (Å²) < 4.78 is 10.6. The standard InChI is InChI=1S/C27H33N3O7/c31-24(32)18-29(16-8-7-15-28-26(34)37-20-22-12-5-2-6-13-22)27(35)30-17-9-14-23(30)25(33)36-19-21-10-3-1-4-11-21/h1-6,10-13,23H,7-9,14-20H2,(H,28,34)(H,31,32)/t23-/m0/s1. The first-order valence-corrected chi connectivity index (χ1v) is 12.4. The molecule has 10 heteroatoms. The maximum Gasteiger partial charge on any atom is 0.407 e. The molecule has 1 atom stereocenters. The van der Waals surface area contributed by atoms with Crippen molar-refractivity contribution in [3.8, 4) is 0 Å². The summed E-state index contributed by atoms with van der Waals surface area (Å²) in [6.45, 7) is 0.647. The van der Waals surface area contributed by atoms with E-state index in [2.05, 4.69) is 5.32 Å². The summed E-state index contributed by atoms with van der Waals surface area (Å²) in [6.07, 6.45) is 1.54. The second-order valence-corrected chi connectivity index (χ2v) is 8.74. The highest BCUT2D eigenvalue weighted by Crippen LogP contribution is 2.21. The van der Waals surface area contributed by atoms with Crippen molar-refractivity contribution in [3.05, 3.63) is 71.8 Å². The molecule has 0 aliphatic carbocycles. The van der Waals surface area contributed by atoms with Gasteiger partial charge in [-0.25, -0.2) is 14.4 Å². The first-order valence-electron chi connectivity index (χ1n) is 12.4. The maximum atomic E-state index is 13.2. The zero-order chi connectivity index (χ0) is 26.5. The number of hydrogen-bond donors (Lipinski definition) is 2. The molecule has 198 valence electrons. The number of carbonyl (C=O) groups is 4.